The zero-order chi connectivity index (χ0) is 26.2. The molecule has 0 bridgehead atoms. The van der Waals surface area contributed by atoms with E-state index in [4.69, 9.17) is 9.47 Å². The van der Waals surface area contributed by atoms with Crippen LogP contribution in [-0.4, -0.2) is 66.2 Å². The molecule has 1 aliphatic rings. The summed E-state index contributed by atoms with van der Waals surface area (Å²) in [5, 5.41) is 2.26. The van der Waals surface area contributed by atoms with Gasteiger partial charge < -0.3 is 24.1 Å². The predicted molar refractivity (Wildman–Crippen MR) is 116 cm³/mol. The minimum absolute atomic E-state index is 0.0363. The smallest absolute Gasteiger partial charge is 0.416 e. The predicted octanol–water partition coefficient (Wildman–Crippen LogP) is 3.67. The quantitative estimate of drug-likeness (QED) is 0.540. The van der Waals surface area contributed by atoms with Gasteiger partial charge in [0.05, 0.1) is 48.9 Å². The van der Waals surface area contributed by atoms with Gasteiger partial charge in [0.1, 0.15) is 17.3 Å². The van der Waals surface area contributed by atoms with E-state index in [0.717, 1.165) is 30.5 Å². The van der Waals surface area contributed by atoms with Crippen molar-refractivity contribution in [3.05, 3.63) is 58.9 Å². The van der Waals surface area contributed by atoms with E-state index in [1.54, 1.807) is 0 Å². The van der Waals surface area contributed by atoms with Crippen molar-refractivity contribution in [3.63, 3.8) is 0 Å². The summed E-state index contributed by atoms with van der Waals surface area (Å²) in [6.45, 7) is 0.510. The van der Waals surface area contributed by atoms with Gasteiger partial charge in [0.15, 0.2) is 0 Å². The van der Waals surface area contributed by atoms with Crippen LogP contribution in [0.4, 0.5) is 26.7 Å². The van der Waals surface area contributed by atoms with E-state index in [1.807, 2.05) is 0 Å². The van der Waals surface area contributed by atoms with Crippen LogP contribution in [0, 0.1) is 11.6 Å². The second-order valence-corrected chi connectivity index (χ2v) is 8.06. The second kappa shape index (κ2) is 9.72. The minimum atomic E-state index is -4.66. The molecule has 0 aliphatic carbocycles. The zero-order valence-corrected chi connectivity index (χ0v) is 19.2. The van der Waals surface area contributed by atoms with Crippen LogP contribution in [0.5, 0.6) is 0 Å². The Bertz CT molecular complexity index is 1300. The number of alkyl halides is 3. The fraction of sp³-hybridized carbons (Fsp3) is 0.348. The van der Waals surface area contributed by atoms with Crippen LogP contribution in [0.1, 0.15) is 21.6 Å². The molecule has 36 heavy (non-hydrogen) atoms. The second-order valence-electron chi connectivity index (χ2n) is 8.06. The van der Waals surface area contributed by atoms with Gasteiger partial charge in [-0.15, -0.1) is 0 Å². The van der Waals surface area contributed by atoms with Crippen LogP contribution >= 0.6 is 0 Å². The summed E-state index contributed by atoms with van der Waals surface area (Å²) >= 11 is 0. The lowest BCUT2D eigenvalue weighted by Crippen LogP contribution is -2.46. The Labute approximate surface area is 201 Å². The van der Waals surface area contributed by atoms with E-state index in [-0.39, 0.29) is 48.7 Å². The first kappa shape index (κ1) is 25.4. The summed E-state index contributed by atoms with van der Waals surface area (Å²) in [4.78, 5) is 29.3. The highest BCUT2D eigenvalue weighted by Gasteiger charge is 2.33. The number of imidazole rings is 1. The summed E-state index contributed by atoms with van der Waals surface area (Å²) < 4.78 is 81.8. The van der Waals surface area contributed by atoms with Gasteiger partial charge in [-0.1, -0.05) is 0 Å². The first-order valence-electron chi connectivity index (χ1n) is 10.8. The molecule has 4 rings (SSSR count). The molecule has 0 spiro atoms. The molecule has 0 saturated carbocycles. The Hall–Kier alpha value is -3.74. The van der Waals surface area contributed by atoms with Gasteiger partial charge in [-0.25, -0.2) is 18.6 Å². The molecule has 0 radical (unpaired) electrons. The number of pyridine rings is 1. The number of methoxy groups -OCH3 is 1. The zero-order valence-electron chi connectivity index (χ0n) is 19.2. The molecule has 2 aromatic heterocycles. The monoisotopic (exact) mass is 512 g/mol. The number of nitrogens with one attached hydrogen (secondary N) is 1. The first-order chi connectivity index (χ1) is 17.0. The Morgan fingerprint density at radius 3 is 2.53 bits per heavy atom. The Morgan fingerprint density at radius 1 is 1.22 bits per heavy atom. The minimum Gasteiger partial charge on any atom is -0.453 e. The molecule has 1 unspecified atom stereocenters. The van der Waals surface area contributed by atoms with Crippen LogP contribution in [-0.2, 0) is 22.1 Å². The maximum absolute atomic E-state index is 15.1. The number of hydrogen-bond acceptors (Lipinski definition) is 5. The van der Waals surface area contributed by atoms with Crippen LogP contribution in [0.3, 0.4) is 0 Å². The molecule has 1 atom stereocenters. The van der Waals surface area contributed by atoms with Crippen molar-refractivity contribution >= 4 is 17.6 Å². The number of rotatable bonds is 4. The molecular formula is C23H21F5N4O4. The van der Waals surface area contributed by atoms with Gasteiger partial charge in [-0.2, -0.15) is 13.2 Å². The topological polar surface area (TPSA) is 85.2 Å². The van der Waals surface area contributed by atoms with Crippen molar-refractivity contribution in [2.24, 2.45) is 0 Å². The highest BCUT2D eigenvalue weighted by atomic mass is 19.4. The molecule has 2 amide bonds. The molecule has 1 N–H and O–H groups in total. The maximum Gasteiger partial charge on any atom is 0.416 e. The lowest BCUT2D eigenvalue weighted by molar-refractivity contribution is -0.137. The highest BCUT2D eigenvalue weighted by molar-refractivity contribution is 5.94. The molecule has 13 heteroatoms. The number of nitrogens with zero attached hydrogens (tertiary/aromatic N) is 3. The van der Waals surface area contributed by atoms with Gasteiger partial charge in [-0.05, 0) is 24.3 Å². The van der Waals surface area contributed by atoms with E-state index in [2.05, 4.69) is 10.3 Å². The fourth-order valence-electron chi connectivity index (χ4n) is 4.10. The lowest BCUT2D eigenvalue weighted by atomic mass is 10.0. The van der Waals surface area contributed by atoms with Crippen molar-refractivity contribution in [3.8, 4) is 11.3 Å². The molecular weight excluding hydrogens is 491 g/mol. The maximum atomic E-state index is 15.1. The van der Waals surface area contributed by atoms with Crippen molar-refractivity contribution in [1.82, 2.24) is 19.6 Å². The van der Waals surface area contributed by atoms with Gasteiger partial charge in [0.25, 0.3) is 5.91 Å². The molecule has 1 aromatic carbocycles. The first-order valence-corrected chi connectivity index (χ1v) is 10.8. The van der Waals surface area contributed by atoms with Gasteiger partial charge in [-0.3, -0.25) is 4.79 Å². The van der Waals surface area contributed by atoms with E-state index in [1.165, 1.54) is 23.5 Å². The number of carbonyl (C=O) groups is 2. The number of ether oxygens (including phenoxy) is 2. The molecule has 3 heterocycles. The van der Waals surface area contributed by atoms with E-state index >= 15 is 8.78 Å². The standard InChI is InChI=1S/C23H21F5N4O4/c1-29-21(33)12-7-15(24)19(16(25)8-12)20-17(10-14-11-31(5-6-36-14)22(34)35-2)32-4-3-13(23(26,27)28)9-18(32)30-20/h3-4,7-9,14H,5-6,10-11H2,1-2H3,(H,29,33). The Kier molecular flexibility index (Phi) is 6.85. The van der Waals surface area contributed by atoms with Crippen LogP contribution in [0.15, 0.2) is 30.5 Å². The average Bonchev–Trinajstić information content (AvgIpc) is 3.19. The molecule has 192 valence electrons. The van der Waals surface area contributed by atoms with Crippen LogP contribution in [0.25, 0.3) is 16.9 Å². The van der Waals surface area contributed by atoms with Crippen LogP contribution in [0.2, 0.25) is 0 Å². The summed E-state index contributed by atoms with van der Waals surface area (Å²) in [5.41, 5.74) is -2.13. The lowest BCUT2D eigenvalue weighted by Gasteiger charge is -2.32. The van der Waals surface area contributed by atoms with Crippen LogP contribution < -0.4 is 5.32 Å². The number of aromatic nitrogens is 2. The number of benzene rings is 1. The number of halogens is 5. The Balaban J connectivity index is 1.84. The SMILES string of the molecule is CNC(=O)c1cc(F)c(-c2nc3cc(C(F)(F)F)ccn3c2CC2CN(C(=O)OC)CCO2)c(F)c1. The molecule has 1 aliphatic heterocycles. The number of carbonyl (C=O) groups excluding carboxylic acids is 2. The van der Waals surface area contributed by atoms with Gasteiger partial charge in [0.2, 0.25) is 0 Å². The van der Waals surface area contributed by atoms with E-state index in [0.29, 0.717) is 0 Å². The van der Waals surface area contributed by atoms with Crippen molar-refractivity contribution < 1.29 is 41.0 Å². The van der Waals surface area contributed by atoms with E-state index < -0.39 is 47.0 Å². The largest absolute Gasteiger partial charge is 0.453 e. The average molecular weight is 512 g/mol. The molecule has 3 aromatic rings. The van der Waals surface area contributed by atoms with Gasteiger partial charge >= 0.3 is 12.3 Å². The van der Waals surface area contributed by atoms with E-state index in [9.17, 15) is 22.8 Å². The number of fused-ring (bicyclic) bond motifs is 1. The summed E-state index contributed by atoms with van der Waals surface area (Å²) in [6, 6.07) is 3.24. The highest BCUT2D eigenvalue weighted by Crippen LogP contribution is 2.34. The summed E-state index contributed by atoms with van der Waals surface area (Å²) in [7, 11) is 2.52. The third-order valence-corrected chi connectivity index (χ3v) is 5.81. The third kappa shape index (κ3) is 4.83. The summed E-state index contributed by atoms with van der Waals surface area (Å²) in [5.74, 6) is -2.95. The molecule has 1 fully saturated rings. The Morgan fingerprint density at radius 2 is 1.92 bits per heavy atom. The number of morpholine rings is 1. The fourth-order valence-corrected chi connectivity index (χ4v) is 4.10. The summed E-state index contributed by atoms with van der Waals surface area (Å²) in [6.07, 6.45) is -4.83. The van der Waals surface area contributed by atoms with Crippen molar-refractivity contribution in [1.29, 1.82) is 0 Å². The van der Waals surface area contributed by atoms with Crippen molar-refractivity contribution in [2.45, 2.75) is 18.7 Å². The van der Waals surface area contributed by atoms with Gasteiger partial charge in [0, 0.05) is 31.8 Å². The molecule has 1 saturated heterocycles. The van der Waals surface area contributed by atoms with Crippen molar-refractivity contribution in [2.75, 3.05) is 33.9 Å². The number of amides is 2. The normalized spacial score (nSPS) is 16.3. The third-order valence-electron chi connectivity index (χ3n) is 5.81. The molecule has 8 nitrogen and oxygen atoms in total. The number of hydrogen-bond donors (Lipinski definition) is 1.